The number of aryl methyl sites for hydroxylation is 1. The zero-order chi connectivity index (χ0) is 15.7. The number of hydrogen-bond donors (Lipinski definition) is 2. The van der Waals surface area contributed by atoms with E-state index in [-0.39, 0.29) is 24.3 Å². The van der Waals surface area contributed by atoms with E-state index in [2.05, 4.69) is 15.8 Å². The van der Waals surface area contributed by atoms with Gasteiger partial charge in [-0.25, -0.2) is 0 Å². The second-order valence-corrected chi connectivity index (χ2v) is 5.30. The summed E-state index contributed by atoms with van der Waals surface area (Å²) < 4.78 is 5.14. The van der Waals surface area contributed by atoms with Gasteiger partial charge in [-0.1, -0.05) is 30.3 Å². The van der Waals surface area contributed by atoms with E-state index in [0.29, 0.717) is 11.4 Å². The lowest BCUT2D eigenvalue weighted by Crippen LogP contribution is -2.24. The number of carbonyl (C=O) groups is 2. The maximum atomic E-state index is 12.2. The standard InChI is InChI=1S/C16H17N3O3/c1-3-12-9(2)16(22-19-12)18-14(20)8-13-10-6-4-5-7-11(10)15(21)17-13/h4-7,13H,3,8H2,1-2H3,(H,17,21)(H,18,20). The minimum absolute atomic E-state index is 0.141. The fourth-order valence-corrected chi connectivity index (χ4v) is 2.66. The molecule has 6 heteroatoms. The largest absolute Gasteiger partial charge is 0.345 e. The minimum atomic E-state index is -0.308. The van der Waals surface area contributed by atoms with Crippen LogP contribution in [-0.4, -0.2) is 17.0 Å². The first kappa shape index (κ1) is 14.3. The van der Waals surface area contributed by atoms with E-state index in [4.69, 9.17) is 4.52 Å². The molecule has 1 unspecified atom stereocenters. The third-order valence-electron chi connectivity index (χ3n) is 3.88. The summed E-state index contributed by atoms with van der Waals surface area (Å²) in [6.07, 6.45) is 0.904. The number of hydrogen-bond acceptors (Lipinski definition) is 4. The fourth-order valence-electron chi connectivity index (χ4n) is 2.66. The highest BCUT2D eigenvalue weighted by atomic mass is 16.5. The number of rotatable bonds is 4. The smallest absolute Gasteiger partial charge is 0.252 e. The van der Waals surface area contributed by atoms with Crippen molar-refractivity contribution in [3.63, 3.8) is 0 Å². The summed E-state index contributed by atoms with van der Waals surface area (Å²) in [5.41, 5.74) is 3.15. The van der Waals surface area contributed by atoms with Crippen LogP contribution in [0.1, 0.15) is 46.6 Å². The van der Waals surface area contributed by atoms with Crippen molar-refractivity contribution in [1.82, 2.24) is 10.5 Å². The van der Waals surface area contributed by atoms with E-state index in [0.717, 1.165) is 23.2 Å². The molecular weight excluding hydrogens is 282 g/mol. The molecule has 6 nitrogen and oxygen atoms in total. The average Bonchev–Trinajstić information content (AvgIpc) is 3.01. The van der Waals surface area contributed by atoms with Crippen LogP contribution in [0.2, 0.25) is 0 Å². The van der Waals surface area contributed by atoms with E-state index < -0.39 is 0 Å². The quantitative estimate of drug-likeness (QED) is 0.907. The van der Waals surface area contributed by atoms with Crippen molar-refractivity contribution in [2.24, 2.45) is 0 Å². The number of nitrogens with zero attached hydrogens (tertiary/aromatic N) is 1. The van der Waals surface area contributed by atoms with Gasteiger partial charge >= 0.3 is 0 Å². The van der Waals surface area contributed by atoms with Crippen molar-refractivity contribution in [2.45, 2.75) is 32.7 Å². The van der Waals surface area contributed by atoms with Gasteiger partial charge in [0, 0.05) is 11.1 Å². The van der Waals surface area contributed by atoms with E-state index in [1.165, 1.54) is 0 Å². The van der Waals surface area contributed by atoms with Crippen LogP contribution in [-0.2, 0) is 11.2 Å². The zero-order valence-electron chi connectivity index (χ0n) is 12.5. The molecule has 2 heterocycles. The van der Waals surface area contributed by atoms with Gasteiger partial charge in [0.2, 0.25) is 11.8 Å². The van der Waals surface area contributed by atoms with Crippen LogP contribution in [0.15, 0.2) is 28.8 Å². The molecule has 114 valence electrons. The Morgan fingerprint density at radius 1 is 1.41 bits per heavy atom. The van der Waals surface area contributed by atoms with Gasteiger partial charge in [0.05, 0.1) is 18.2 Å². The molecule has 1 aliphatic heterocycles. The highest BCUT2D eigenvalue weighted by molar-refractivity contribution is 6.00. The van der Waals surface area contributed by atoms with Crippen molar-refractivity contribution in [3.8, 4) is 0 Å². The van der Waals surface area contributed by atoms with Gasteiger partial charge < -0.3 is 9.84 Å². The predicted molar refractivity (Wildman–Crippen MR) is 80.5 cm³/mol. The Bertz CT molecular complexity index is 736. The van der Waals surface area contributed by atoms with Gasteiger partial charge in [0.15, 0.2) is 0 Å². The van der Waals surface area contributed by atoms with Crippen LogP contribution in [0.25, 0.3) is 0 Å². The van der Waals surface area contributed by atoms with Crippen LogP contribution in [0.4, 0.5) is 5.88 Å². The Kier molecular flexibility index (Phi) is 3.66. The number of amides is 2. The van der Waals surface area contributed by atoms with Crippen molar-refractivity contribution in [1.29, 1.82) is 0 Å². The molecule has 22 heavy (non-hydrogen) atoms. The molecule has 0 spiro atoms. The van der Waals surface area contributed by atoms with E-state index in [1.807, 2.05) is 32.0 Å². The maximum absolute atomic E-state index is 12.2. The van der Waals surface area contributed by atoms with Crippen LogP contribution in [0, 0.1) is 6.92 Å². The molecule has 1 aromatic carbocycles. The molecule has 0 saturated carbocycles. The summed E-state index contributed by atoms with van der Waals surface area (Å²) in [5, 5.41) is 9.45. The van der Waals surface area contributed by atoms with Gasteiger partial charge in [-0.05, 0) is 25.0 Å². The topological polar surface area (TPSA) is 84.2 Å². The Balaban J connectivity index is 1.70. The third kappa shape index (κ3) is 2.47. The van der Waals surface area contributed by atoms with Crippen molar-refractivity contribution < 1.29 is 14.1 Å². The highest BCUT2D eigenvalue weighted by Crippen LogP contribution is 2.28. The monoisotopic (exact) mass is 299 g/mol. The fraction of sp³-hybridized carbons (Fsp3) is 0.312. The molecule has 2 amide bonds. The lowest BCUT2D eigenvalue weighted by atomic mass is 10.0. The predicted octanol–water partition coefficient (Wildman–Crippen LogP) is 2.36. The van der Waals surface area contributed by atoms with E-state index in [9.17, 15) is 9.59 Å². The molecule has 1 aromatic heterocycles. The van der Waals surface area contributed by atoms with Crippen molar-refractivity contribution >= 4 is 17.7 Å². The number of fused-ring (bicyclic) bond motifs is 1. The van der Waals surface area contributed by atoms with E-state index >= 15 is 0 Å². The SMILES string of the molecule is CCc1noc(NC(=O)CC2NC(=O)c3ccccc32)c1C. The summed E-state index contributed by atoms with van der Waals surface area (Å²) in [7, 11) is 0. The average molecular weight is 299 g/mol. The number of anilines is 1. The summed E-state index contributed by atoms with van der Waals surface area (Å²) in [5.74, 6) is 0.0147. The zero-order valence-corrected chi connectivity index (χ0v) is 12.5. The molecular formula is C16H17N3O3. The first-order valence-corrected chi connectivity index (χ1v) is 7.25. The first-order valence-electron chi connectivity index (χ1n) is 7.25. The van der Waals surface area contributed by atoms with Crippen LogP contribution in [0.5, 0.6) is 0 Å². The van der Waals surface area contributed by atoms with Crippen molar-refractivity contribution in [2.75, 3.05) is 5.32 Å². The molecule has 1 atom stereocenters. The van der Waals surface area contributed by atoms with Crippen LogP contribution >= 0.6 is 0 Å². The van der Waals surface area contributed by atoms with Gasteiger partial charge in [-0.3, -0.25) is 14.9 Å². The molecule has 2 aromatic rings. The maximum Gasteiger partial charge on any atom is 0.252 e. The molecule has 0 fully saturated rings. The second kappa shape index (κ2) is 5.63. The van der Waals surface area contributed by atoms with Gasteiger partial charge in [-0.15, -0.1) is 0 Å². The lowest BCUT2D eigenvalue weighted by molar-refractivity contribution is -0.116. The number of benzene rings is 1. The molecule has 2 N–H and O–H groups in total. The Hall–Kier alpha value is -2.63. The number of nitrogens with one attached hydrogen (secondary N) is 2. The molecule has 0 saturated heterocycles. The Labute approximate surface area is 127 Å². The Morgan fingerprint density at radius 3 is 2.91 bits per heavy atom. The summed E-state index contributed by atoms with van der Waals surface area (Å²) in [4.78, 5) is 24.0. The third-order valence-corrected chi connectivity index (χ3v) is 3.88. The van der Waals surface area contributed by atoms with Crippen LogP contribution in [0.3, 0.4) is 0 Å². The molecule has 1 aliphatic rings. The van der Waals surface area contributed by atoms with Crippen molar-refractivity contribution in [3.05, 3.63) is 46.6 Å². The van der Waals surface area contributed by atoms with Gasteiger partial charge in [0.1, 0.15) is 0 Å². The summed E-state index contributed by atoms with van der Waals surface area (Å²) >= 11 is 0. The number of aromatic nitrogens is 1. The molecule has 0 aliphatic carbocycles. The molecule has 0 bridgehead atoms. The van der Waals surface area contributed by atoms with Gasteiger partial charge in [0.25, 0.3) is 5.91 Å². The van der Waals surface area contributed by atoms with Crippen LogP contribution < -0.4 is 10.6 Å². The van der Waals surface area contributed by atoms with E-state index in [1.54, 1.807) is 6.07 Å². The lowest BCUT2D eigenvalue weighted by Gasteiger charge is -2.11. The summed E-state index contributed by atoms with van der Waals surface area (Å²) in [6, 6.07) is 6.98. The number of carbonyl (C=O) groups excluding carboxylic acids is 2. The molecule has 3 rings (SSSR count). The van der Waals surface area contributed by atoms with Gasteiger partial charge in [-0.2, -0.15) is 0 Å². The first-order chi connectivity index (χ1) is 10.6. The minimum Gasteiger partial charge on any atom is -0.345 e. The summed E-state index contributed by atoms with van der Waals surface area (Å²) in [6.45, 7) is 3.83. The molecule has 0 radical (unpaired) electrons. The normalized spacial score (nSPS) is 16.3. The second-order valence-electron chi connectivity index (χ2n) is 5.30. The Morgan fingerprint density at radius 2 is 2.18 bits per heavy atom. The highest BCUT2D eigenvalue weighted by Gasteiger charge is 2.29.